The number of amides is 1. The molecule has 210 valence electrons. The molecule has 1 heterocycles. The van der Waals surface area contributed by atoms with E-state index in [-0.39, 0.29) is 24.9 Å². The number of nitrogens with zero attached hydrogens (tertiary/aromatic N) is 1. The Morgan fingerprint density at radius 2 is 1.62 bits per heavy atom. The molecule has 0 saturated carbocycles. The molecule has 7 nitrogen and oxygen atoms in total. The molecule has 2 N–H and O–H groups in total. The van der Waals surface area contributed by atoms with E-state index in [1.807, 2.05) is 0 Å². The summed E-state index contributed by atoms with van der Waals surface area (Å²) in [6, 6.07) is 10.5. The Labute approximate surface area is 219 Å². The van der Waals surface area contributed by atoms with E-state index >= 15 is 0 Å². The fraction of sp³-hybridized carbons (Fsp3) is 0.308. The van der Waals surface area contributed by atoms with Gasteiger partial charge in [0.05, 0.1) is 36.2 Å². The molecule has 2 aromatic carbocycles. The van der Waals surface area contributed by atoms with E-state index in [0.29, 0.717) is 23.5 Å². The zero-order valence-electron chi connectivity index (χ0n) is 20.7. The smallest absolute Gasteiger partial charge is 0.418 e. The SMILES string of the molecule is CC(C)(Oc1ccc(CN(CC(=O)Nc2ccc(C(F)(F)F)cc2C(F)(F)F)Cc2ccco2)cc1)C(=O)O. The third-order valence-electron chi connectivity index (χ3n) is 5.47. The van der Waals surface area contributed by atoms with Crippen molar-refractivity contribution in [2.75, 3.05) is 11.9 Å². The highest BCUT2D eigenvalue weighted by molar-refractivity contribution is 5.93. The van der Waals surface area contributed by atoms with Crippen molar-refractivity contribution in [3.05, 3.63) is 83.3 Å². The van der Waals surface area contributed by atoms with E-state index < -0.39 is 53.2 Å². The number of rotatable bonds is 10. The van der Waals surface area contributed by atoms with Crippen LogP contribution < -0.4 is 10.1 Å². The van der Waals surface area contributed by atoms with Gasteiger partial charge in [-0.2, -0.15) is 26.3 Å². The molecular weight excluding hydrogens is 534 g/mol. The summed E-state index contributed by atoms with van der Waals surface area (Å²) in [6.07, 6.45) is -8.73. The van der Waals surface area contributed by atoms with E-state index in [1.165, 1.54) is 32.2 Å². The van der Waals surface area contributed by atoms with Crippen molar-refractivity contribution in [2.24, 2.45) is 0 Å². The minimum absolute atomic E-state index is 0.0501. The van der Waals surface area contributed by atoms with Crippen molar-refractivity contribution < 1.29 is 50.2 Å². The molecule has 0 spiro atoms. The van der Waals surface area contributed by atoms with Crippen LogP contribution >= 0.6 is 0 Å². The number of carboxylic acid groups (broad SMARTS) is 1. The van der Waals surface area contributed by atoms with Gasteiger partial charge in [-0.1, -0.05) is 12.1 Å². The molecule has 1 amide bonds. The number of benzene rings is 2. The van der Waals surface area contributed by atoms with Crippen molar-refractivity contribution in [2.45, 2.75) is 44.9 Å². The molecule has 0 aliphatic rings. The minimum Gasteiger partial charge on any atom is -0.478 e. The van der Waals surface area contributed by atoms with Gasteiger partial charge in [-0.3, -0.25) is 9.69 Å². The lowest BCUT2D eigenvalue weighted by Gasteiger charge is -2.23. The first-order chi connectivity index (χ1) is 18.0. The highest BCUT2D eigenvalue weighted by atomic mass is 19.4. The van der Waals surface area contributed by atoms with Crippen LogP contribution in [0.3, 0.4) is 0 Å². The summed E-state index contributed by atoms with van der Waals surface area (Å²) in [5.41, 5.74) is -4.74. The van der Waals surface area contributed by atoms with Gasteiger partial charge < -0.3 is 19.6 Å². The fourth-order valence-electron chi connectivity index (χ4n) is 3.51. The van der Waals surface area contributed by atoms with Crippen LogP contribution in [0.1, 0.15) is 36.3 Å². The van der Waals surface area contributed by atoms with Gasteiger partial charge in [-0.25, -0.2) is 4.79 Å². The molecule has 13 heteroatoms. The third kappa shape index (κ3) is 8.24. The Balaban J connectivity index is 1.77. The van der Waals surface area contributed by atoms with Crippen molar-refractivity contribution in [3.8, 4) is 5.75 Å². The Kier molecular flexibility index (Phi) is 8.64. The predicted molar refractivity (Wildman–Crippen MR) is 127 cm³/mol. The topological polar surface area (TPSA) is 92.0 Å². The summed E-state index contributed by atoms with van der Waals surface area (Å²) in [5, 5.41) is 11.3. The summed E-state index contributed by atoms with van der Waals surface area (Å²) in [5.74, 6) is -1.32. The number of furan rings is 1. The quantitative estimate of drug-likeness (QED) is 0.288. The predicted octanol–water partition coefficient (Wildman–Crippen LogP) is 6.20. The normalized spacial score (nSPS) is 12.4. The Morgan fingerprint density at radius 1 is 0.949 bits per heavy atom. The molecule has 1 aromatic heterocycles. The van der Waals surface area contributed by atoms with Crippen molar-refractivity contribution in [1.29, 1.82) is 0 Å². The monoisotopic (exact) mass is 558 g/mol. The van der Waals surface area contributed by atoms with E-state index in [1.54, 1.807) is 29.2 Å². The van der Waals surface area contributed by atoms with Crippen LogP contribution in [0.15, 0.2) is 65.3 Å². The maximum absolute atomic E-state index is 13.5. The zero-order chi connectivity index (χ0) is 29.0. The van der Waals surface area contributed by atoms with Crippen molar-refractivity contribution >= 4 is 17.6 Å². The number of alkyl halides is 6. The number of carbonyl (C=O) groups is 2. The van der Waals surface area contributed by atoms with Crippen molar-refractivity contribution in [3.63, 3.8) is 0 Å². The first-order valence-corrected chi connectivity index (χ1v) is 11.4. The molecule has 0 aliphatic heterocycles. The second-order valence-corrected chi connectivity index (χ2v) is 9.09. The summed E-state index contributed by atoms with van der Waals surface area (Å²) in [6.45, 7) is 2.55. The van der Waals surface area contributed by atoms with Gasteiger partial charge in [0.1, 0.15) is 11.5 Å². The van der Waals surface area contributed by atoms with Gasteiger partial charge >= 0.3 is 18.3 Å². The Bertz CT molecular complexity index is 1290. The molecule has 0 saturated heterocycles. The number of ether oxygens (including phenoxy) is 1. The third-order valence-corrected chi connectivity index (χ3v) is 5.47. The molecular formula is C26H24F6N2O5. The first kappa shape index (κ1) is 29.6. The van der Waals surface area contributed by atoms with Crippen LogP contribution in [0.2, 0.25) is 0 Å². The number of hydrogen-bond acceptors (Lipinski definition) is 5. The highest BCUT2D eigenvalue weighted by Gasteiger charge is 2.38. The average molecular weight is 558 g/mol. The van der Waals surface area contributed by atoms with E-state index in [4.69, 9.17) is 9.15 Å². The number of carboxylic acids is 1. The summed E-state index contributed by atoms with van der Waals surface area (Å²) in [7, 11) is 0. The lowest BCUT2D eigenvalue weighted by Crippen LogP contribution is -2.37. The van der Waals surface area contributed by atoms with Gasteiger partial charge in [-0.05, 0) is 61.9 Å². The maximum atomic E-state index is 13.5. The number of aliphatic carboxylic acids is 1. The second kappa shape index (κ2) is 11.4. The number of hydrogen-bond donors (Lipinski definition) is 2. The molecule has 0 atom stereocenters. The van der Waals surface area contributed by atoms with Gasteiger partial charge in [0.15, 0.2) is 5.60 Å². The number of nitrogens with one attached hydrogen (secondary N) is 1. The molecule has 0 fully saturated rings. The molecule has 39 heavy (non-hydrogen) atoms. The van der Waals surface area contributed by atoms with Crippen molar-refractivity contribution in [1.82, 2.24) is 4.90 Å². The van der Waals surface area contributed by atoms with Crippen LogP contribution in [0.5, 0.6) is 5.75 Å². The van der Waals surface area contributed by atoms with Crippen LogP contribution in [-0.4, -0.2) is 34.0 Å². The molecule has 0 bridgehead atoms. The molecule has 3 aromatic rings. The number of carbonyl (C=O) groups excluding carboxylic acids is 1. The van der Waals surface area contributed by atoms with E-state index in [9.17, 15) is 41.0 Å². The first-order valence-electron chi connectivity index (χ1n) is 11.4. The van der Waals surface area contributed by atoms with Gasteiger partial charge in [0.25, 0.3) is 0 Å². The minimum atomic E-state index is -5.14. The van der Waals surface area contributed by atoms with E-state index in [2.05, 4.69) is 5.32 Å². The number of halogens is 6. The van der Waals surface area contributed by atoms with Gasteiger partial charge in [-0.15, -0.1) is 0 Å². The van der Waals surface area contributed by atoms with Crippen LogP contribution in [0.4, 0.5) is 32.0 Å². The summed E-state index contributed by atoms with van der Waals surface area (Å²) < 4.78 is 90.0. The average Bonchev–Trinajstić information content (AvgIpc) is 3.32. The van der Waals surface area contributed by atoms with Gasteiger partial charge in [0, 0.05) is 6.54 Å². The van der Waals surface area contributed by atoms with E-state index in [0.717, 1.165) is 0 Å². The molecule has 0 radical (unpaired) electrons. The molecule has 0 aliphatic carbocycles. The molecule has 0 unspecified atom stereocenters. The fourth-order valence-corrected chi connectivity index (χ4v) is 3.51. The summed E-state index contributed by atoms with van der Waals surface area (Å²) >= 11 is 0. The molecule has 3 rings (SSSR count). The van der Waals surface area contributed by atoms with Crippen LogP contribution in [0.25, 0.3) is 0 Å². The van der Waals surface area contributed by atoms with Crippen LogP contribution in [-0.2, 0) is 35.0 Å². The summed E-state index contributed by atoms with van der Waals surface area (Å²) in [4.78, 5) is 25.5. The standard InChI is InChI=1S/C26H24F6N2O5/c1-24(2,23(36)37)39-18-8-5-16(6-9-18)13-34(14-19-4-3-11-38-19)15-22(35)33-21-10-7-17(25(27,28)29)12-20(21)26(30,31)32/h3-12H,13-15H2,1-2H3,(H,33,35)(H,36,37). The Hall–Kier alpha value is -4.00. The number of anilines is 1. The van der Waals surface area contributed by atoms with Crippen LogP contribution in [0, 0.1) is 0 Å². The van der Waals surface area contributed by atoms with Gasteiger partial charge in [0.2, 0.25) is 5.91 Å². The zero-order valence-corrected chi connectivity index (χ0v) is 20.7. The lowest BCUT2D eigenvalue weighted by atomic mass is 10.1. The second-order valence-electron chi connectivity index (χ2n) is 9.09. The lowest BCUT2D eigenvalue weighted by molar-refractivity contribution is -0.152. The largest absolute Gasteiger partial charge is 0.478 e. The Morgan fingerprint density at radius 3 is 2.15 bits per heavy atom. The maximum Gasteiger partial charge on any atom is 0.418 e. The highest BCUT2D eigenvalue weighted by Crippen LogP contribution is 2.39.